The maximum Gasteiger partial charge on any atom is 0.338 e. The standard InChI is InChI=1S/C19H19N3O6/c1-12(2)13-3-5-15(6-4-13)19(25)28-11-17(23)20-21-18(24)14-7-9-16(10-8-14)22(26)27/h3-10,12H,11H2,1-2H3,(H,20,23)(H,21,24). The second-order valence-electron chi connectivity index (χ2n) is 6.16. The van der Waals surface area contributed by atoms with Gasteiger partial charge in [0, 0.05) is 17.7 Å². The predicted molar refractivity (Wildman–Crippen MR) is 99.5 cm³/mol. The number of nitrogens with zero attached hydrogens (tertiary/aromatic N) is 1. The summed E-state index contributed by atoms with van der Waals surface area (Å²) in [5.41, 5.74) is 5.58. The van der Waals surface area contributed by atoms with Crippen LogP contribution in [0.25, 0.3) is 0 Å². The summed E-state index contributed by atoms with van der Waals surface area (Å²) in [5.74, 6) is -1.73. The number of esters is 1. The molecule has 0 atom stereocenters. The van der Waals surface area contributed by atoms with Gasteiger partial charge in [0.1, 0.15) is 0 Å². The first-order chi connectivity index (χ1) is 13.3. The lowest BCUT2D eigenvalue weighted by Crippen LogP contribution is -2.43. The summed E-state index contributed by atoms with van der Waals surface area (Å²) in [4.78, 5) is 45.5. The predicted octanol–water partition coefficient (Wildman–Crippen LogP) is 2.34. The third-order valence-corrected chi connectivity index (χ3v) is 3.80. The molecule has 0 heterocycles. The third-order valence-electron chi connectivity index (χ3n) is 3.80. The van der Waals surface area contributed by atoms with Gasteiger partial charge in [-0.15, -0.1) is 0 Å². The lowest BCUT2D eigenvalue weighted by Gasteiger charge is -2.09. The largest absolute Gasteiger partial charge is 0.452 e. The Labute approximate surface area is 160 Å². The van der Waals surface area contributed by atoms with E-state index < -0.39 is 29.3 Å². The number of carbonyl (C=O) groups is 3. The number of rotatable bonds is 6. The van der Waals surface area contributed by atoms with Gasteiger partial charge in [-0.05, 0) is 35.7 Å². The van der Waals surface area contributed by atoms with Crippen LogP contribution in [-0.4, -0.2) is 29.3 Å². The summed E-state index contributed by atoms with van der Waals surface area (Å²) in [6.07, 6.45) is 0. The number of hydrazine groups is 1. The number of carbonyl (C=O) groups excluding carboxylic acids is 3. The van der Waals surface area contributed by atoms with E-state index in [4.69, 9.17) is 4.74 Å². The highest BCUT2D eigenvalue weighted by molar-refractivity contribution is 5.96. The Bertz CT molecular complexity index is 876. The van der Waals surface area contributed by atoms with E-state index in [-0.39, 0.29) is 11.3 Å². The van der Waals surface area contributed by atoms with Crippen molar-refractivity contribution < 1.29 is 24.0 Å². The Kier molecular flexibility index (Phi) is 6.80. The van der Waals surface area contributed by atoms with Crippen LogP contribution in [-0.2, 0) is 9.53 Å². The number of hydrogen-bond acceptors (Lipinski definition) is 6. The van der Waals surface area contributed by atoms with Crippen LogP contribution in [0.5, 0.6) is 0 Å². The van der Waals surface area contributed by atoms with Gasteiger partial charge < -0.3 is 4.74 Å². The summed E-state index contributed by atoms with van der Waals surface area (Å²) in [7, 11) is 0. The number of amides is 2. The average molecular weight is 385 g/mol. The number of non-ortho nitro benzene ring substituents is 1. The minimum atomic E-state index is -0.734. The molecule has 0 radical (unpaired) electrons. The van der Waals surface area contributed by atoms with E-state index >= 15 is 0 Å². The summed E-state index contributed by atoms with van der Waals surface area (Å²) < 4.78 is 4.89. The van der Waals surface area contributed by atoms with Crippen LogP contribution in [0.3, 0.4) is 0 Å². The smallest absolute Gasteiger partial charge is 0.338 e. The van der Waals surface area contributed by atoms with Gasteiger partial charge in [-0.25, -0.2) is 4.79 Å². The number of nitrogens with one attached hydrogen (secondary N) is 2. The van der Waals surface area contributed by atoms with Crippen molar-refractivity contribution in [2.45, 2.75) is 19.8 Å². The molecule has 0 bridgehead atoms. The molecule has 0 aliphatic rings. The van der Waals surface area contributed by atoms with Crippen molar-refractivity contribution >= 4 is 23.5 Å². The van der Waals surface area contributed by atoms with Crippen molar-refractivity contribution in [2.75, 3.05) is 6.61 Å². The minimum Gasteiger partial charge on any atom is -0.452 e. The summed E-state index contributed by atoms with van der Waals surface area (Å²) in [6.45, 7) is 3.48. The van der Waals surface area contributed by atoms with Crippen molar-refractivity contribution in [3.05, 3.63) is 75.3 Å². The fourth-order valence-electron chi connectivity index (χ4n) is 2.19. The normalized spacial score (nSPS) is 10.2. The zero-order valence-electron chi connectivity index (χ0n) is 15.3. The lowest BCUT2D eigenvalue weighted by atomic mass is 10.0. The van der Waals surface area contributed by atoms with Gasteiger partial charge in [0.05, 0.1) is 10.5 Å². The second-order valence-corrected chi connectivity index (χ2v) is 6.16. The molecule has 146 valence electrons. The molecule has 0 aliphatic carbocycles. The SMILES string of the molecule is CC(C)c1ccc(C(=O)OCC(=O)NNC(=O)c2ccc([N+](=O)[O-])cc2)cc1. The molecule has 0 aliphatic heterocycles. The Morgan fingerprint density at radius 3 is 2.07 bits per heavy atom. The Balaban J connectivity index is 1.79. The lowest BCUT2D eigenvalue weighted by molar-refractivity contribution is -0.384. The molecule has 2 amide bonds. The topological polar surface area (TPSA) is 128 Å². The monoisotopic (exact) mass is 385 g/mol. The van der Waals surface area contributed by atoms with E-state index in [0.717, 1.165) is 5.56 Å². The van der Waals surface area contributed by atoms with Crippen LogP contribution < -0.4 is 10.9 Å². The van der Waals surface area contributed by atoms with Crippen LogP contribution in [0, 0.1) is 10.1 Å². The van der Waals surface area contributed by atoms with Gasteiger partial charge in [0.25, 0.3) is 17.5 Å². The summed E-state index contributed by atoms with van der Waals surface area (Å²) >= 11 is 0. The van der Waals surface area contributed by atoms with Crippen molar-refractivity contribution in [3.63, 3.8) is 0 Å². The molecule has 0 aromatic heterocycles. The highest BCUT2D eigenvalue weighted by Crippen LogP contribution is 2.15. The number of benzene rings is 2. The average Bonchev–Trinajstić information content (AvgIpc) is 2.70. The quantitative estimate of drug-likeness (QED) is 0.446. The molecule has 2 N–H and O–H groups in total. The maximum atomic E-state index is 11.9. The van der Waals surface area contributed by atoms with Gasteiger partial charge in [-0.2, -0.15) is 0 Å². The van der Waals surface area contributed by atoms with E-state index in [9.17, 15) is 24.5 Å². The summed E-state index contributed by atoms with van der Waals surface area (Å²) in [6, 6.07) is 11.7. The molecule has 0 unspecified atom stereocenters. The second kappa shape index (κ2) is 9.26. The van der Waals surface area contributed by atoms with Gasteiger partial charge in [0.2, 0.25) is 0 Å². The fourth-order valence-corrected chi connectivity index (χ4v) is 2.19. The van der Waals surface area contributed by atoms with Crippen LogP contribution in [0.2, 0.25) is 0 Å². The van der Waals surface area contributed by atoms with E-state index in [1.165, 1.54) is 24.3 Å². The molecule has 28 heavy (non-hydrogen) atoms. The summed E-state index contributed by atoms with van der Waals surface area (Å²) in [5, 5.41) is 10.6. The molecule has 9 nitrogen and oxygen atoms in total. The Morgan fingerprint density at radius 2 is 1.54 bits per heavy atom. The first-order valence-corrected chi connectivity index (χ1v) is 8.38. The van der Waals surface area contributed by atoms with Crippen LogP contribution in [0.15, 0.2) is 48.5 Å². The van der Waals surface area contributed by atoms with Crippen molar-refractivity contribution in [2.24, 2.45) is 0 Å². The molecule has 0 saturated carbocycles. The highest BCUT2D eigenvalue weighted by Gasteiger charge is 2.13. The van der Waals surface area contributed by atoms with E-state index in [0.29, 0.717) is 11.5 Å². The van der Waals surface area contributed by atoms with Crippen LogP contribution in [0.4, 0.5) is 5.69 Å². The van der Waals surface area contributed by atoms with Crippen molar-refractivity contribution in [3.8, 4) is 0 Å². The van der Waals surface area contributed by atoms with E-state index in [2.05, 4.69) is 10.9 Å². The molecule has 2 aromatic rings. The van der Waals surface area contributed by atoms with Crippen LogP contribution in [0.1, 0.15) is 46.0 Å². The molecule has 0 fully saturated rings. The molecule has 0 spiro atoms. The minimum absolute atomic E-state index is 0.119. The van der Waals surface area contributed by atoms with Crippen LogP contribution >= 0.6 is 0 Å². The molecule has 9 heteroatoms. The number of ether oxygens (including phenoxy) is 1. The fraction of sp³-hybridized carbons (Fsp3) is 0.211. The van der Waals surface area contributed by atoms with E-state index in [1.807, 2.05) is 26.0 Å². The van der Waals surface area contributed by atoms with Crippen molar-refractivity contribution in [1.29, 1.82) is 0 Å². The first-order valence-electron chi connectivity index (χ1n) is 8.38. The van der Waals surface area contributed by atoms with Gasteiger partial charge in [-0.1, -0.05) is 26.0 Å². The molecular formula is C19H19N3O6. The molecule has 2 aromatic carbocycles. The highest BCUT2D eigenvalue weighted by atomic mass is 16.6. The maximum absolute atomic E-state index is 11.9. The number of nitro groups is 1. The molecular weight excluding hydrogens is 366 g/mol. The third kappa shape index (κ3) is 5.63. The molecule has 0 saturated heterocycles. The zero-order chi connectivity index (χ0) is 20.7. The number of nitro benzene ring substituents is 1. The first kappa shape index (κ1) is 20.6. The Hall–Kier alpha value is -3.75. The number of hydrogen-bond donors (Lipinski definition) is 2. The van der Waals surface area contributed by atoms with E-state index in [1.54, 1.807) is 12.1 Å². The van der Waals surface area contributed by atoms with Gasteiger partial charge in [0.15, 0.2) is 6.61 Å². The van der Waals surface area contributed by atoms with Gasteiger partial charge >= 0.3 is 5.97 Å². The van der Waals surface area contributed by atoms with Crippen molar-refractivity contribution in [1.82, 2.24) is 10.9 Å². The van der Waals surface area contributed by atoms with Gasteiger partial charge in [-0.3, -0.25) is 30.6 Å². The zero-order valence-corrected chi connectivity index (χ0v) is 15.3. The Morgan fingerprint density at radius 1 is 0.964 bits per heavy atom. The molecule has 2 rings (SSSR count).